The Bertz CT molecular complexity index is 1370. The molecule has 0 spiro atoms. The lowest BCUT2D eigenvalue weighted by molar-refractivity contribution is 0.425. The molecular weight excluding hydrogens is 420 g/mol. The maximum Gasteiger partial charge on any atom is 0.262 e. The van der Waals surface area contributed by atoms with Gasteiger partial charge in [-0.15, -0.1) is 10.2 Å². The first-order valence-electron chi connectivity index (χ1n) is 9.61. The van der Waals surface area contributed by atoms with Crippen LogP contribution in [0.25, 0.3) is 28.1 Å². The Morgan fingerprint density at radius 1 is 1.20 bits per heavy atom. The van der Waals surface area contributed by atoms with Crippen LogP contribution >= 0.6 is 23.1 Å². The number of benzene rings is 1. The van der Waals surface area contributed by atoms with Crippen LogP contribution in [0.4, 0.5) is 0 Å². The van der Waals surface area contributed by atoms with Gasteiger partial charge in [0.2, 0.25) is 5.78 Å². The van der Waals surface area contributed by atoms with Gasteiger partial charge in [0.15, 0.2) is 11.0 Å². The third kappa shape index (κ3) is 3.31. The molecule has 4 aromatic heterocycles. The van der Waals surface area contributed by atoms with Crippen LogP contribution in [0, 0.1) is 0 Å². The molecule has 0 amide bonds. The molecule has 8 nitrogen and oxygen atoms in total. The van der Waals surface area contributed by atoms with Crippen LogP contribution in [0.1, 0.15) is 25.6 Å². The van der Waals surface area contributed by atoms with Crippen LogP contribution in [0.5, 0.6) is 0 Å². The highest BCUT2D eigenvalue weighted by Crippen LogP contribution is 2.26. The number of fused-ring (bicyclic) bond motifs is 3. The Morgan fingerprint density at radius 3 is 2.93 bits per heavy atom. The Labute approximate surface area is 179 Å². The van der Waals surface area contributed by atoms with Gasteiger partial charge in [0.1, 0.15) is 0 Å². The minimum Gasteiger partial charge on any atom is -0.334 e. The fourth-order valence-corrected chi connectivity index (χ4v) is 4.70. The summed E-state index contributed by atoms with van der Waals surface area (Å²) in [6.07, 6.45) is 1.89. The molecule has 30 heavy (non-hydrogen) atoms. The molecule has 0 aliphatic rings. The highest BCUT2D eigenvalue weighted by atomic mass is 32.2. The zero-order valence-electron chi connectivity index (χ0n) is 16.2. The van der Waals surface area contributed by atoms with Crippen LogP contribution in [0.3, 0.4) is 0 Å². The largest absolute Gasteiger partial charge is 0.334 e. The first-order chi connectivity index (χ1) is 14.8. The van der Waals surface area contributed by atoms with Gasteiger partial charge >= 0.3 is 0 Å². The van der Waals surface area contributed by atoms with Gasteiger partial charge in [-0.2, -0.15) is 16.3 Å². The average Bonchev–Trinajstić information content (AvgIpc) is 3.52. The van der Waals surface area contributed by atoms with Crippen LogP contribution in [0.2, 0.25) is 0 Å². The number of nitrogens with zero attached hydrogens (tertiary/aromatic N) is 6. The highest BCUT2D eigenvalue weighted by Gasteiger charge is 2.17. The van der Waals surface area contributed by atoms with E-state index in [9.17, 15) is 4.79 Å². The normalized spacial score (nSPS) is 11.6. The summed E-state index contributed by atoms with van der Waals surface area (Å²) in [7, 11) is 0. The van der Waals surface area contributed by atoms with Crippen molar-refractivity contribution in [2.45, 2.75) is 37.2 Å². The van der Waals surface area contributed by atoms with Crippen LogP contribution < -0.4 is 5.56 Å². The molecule has 0 fully saturated rings. The first kappa shape index (κ1) is 19.0. The van der Waals surface area contributed by atoms with Gasteiger partial charge in [-0.05, 0) is 30.0 Å². The molecule has 0 saturated carbocycles. The Kier molecular flexibility index (Phi) is 5.09. The van der Waals surface area contributed by atoms with Crippen molar-refractivity contribution in [2.24, 2.45) is 0 Å². The van der Waals surface area contributed by atoms with E-state index in [0.717, 1.165) is 23.9 Å². The van der Waals surface area contributed by atoms with E-state index in [4.69, 9.17) is 4.52 Å². The van der Waals surface area contributed by atoms with Crippen molar-refractivity contribution in [3.63, 3.8) is 0 Å². The molecule has 0 bridgehead atoms. The summed E-state index contributed by atoms with van der Waals surface area (Å²) in [5.74, 6) is 2.14. The van der Waals surface area contributed by atoms with Crippen LogP contribution in [-0.4, -0.2) is 29.3 Å². The van der Waals surface area contributed by atoms with E-state index in [1.807, 2.05) is 45.5 Å². The van der Waals surface area contributed by atoms with Gasteiger partial charge in [0.25, 0.3) is 11.4 Å². The Balaban J connectivity index is 1.52. The van der Waals surface area contributed by atoms with Crippen LogP contribution in [-0.2, 0) is 12.3 Å². The van der Waals surface area contributed by atoms with Crippen molar-refractivity contribution in [1.82, 2.24) is 29.3 Å². The van der Waals surface area contributed by atoms with Gasteiger partial charge in [-0.1, -0.05) is 42.4 Å². The SMILES string of the molecule is CCCCn1c(=O)c2ccccc2n2c(SCc3noc(-c4ccsc4)n3)nnc12. The molecule has 0 aliphatic carbocycles. The molecule has 0 saturated heterocycles. The van der Waals surface area contributed by atoms with Crippen molar-refractivity contribution in [2.75, 3.05) is 0 Å². The molecule has 1 aromatic carbocycles. The van der Waals surface area contributed by atoms with Gasteiger partial charge in [-0.3, -0.25) is 13.8 Å². The Hall–Kier alpha value is -2.98. The topological polar surface area (TPSA) is 91.1 Å². The van der Waals surface area contributed by atoms with E-state index in [2.05, 4.69) is 27.3 Å². The molecule has 0 unspecified atom stereocenters. The van der Waals surface area contributed by atoms with Gasteiger partial charge in [0, 0.05) is 11.9 Å². The predicted molar refractivity (Wildman–Crippen MR) is 117 cm³/mol. The lowest BCUT2D eigenvalue weighted by atomic mass is 10.2. The molecule has 0 radical (unpaired) electrons. The summed E-state index contributed by atoms with van der Waals surface area (Å²) in [4.78, 5) is 17.5. The third-order valence-electron chi connectivity index (χ3n) is 4.78. The number of rotatable bonds is 7. The second-order valence-electron chi connectivity index (χ2n) is 6.76. The fourth-order valence-electron chi connectivity index (χ4n) is 3.29. The van der Waals surface area contributed by atoms with Gasteiger partial charge in [-0.25, -0.2) is 0 Å². The number of aromatic nitrogens is 6. The summed E-state index contributed by atoms with van der Waals surface area (Å²) in [6, 6.07) is 9.51. The number of aryl methyl sites for hydroxylation is 1. The van der Waals surface area contributed by atoms with Crippen LogP contribution in [0.15, 0.2) is 55.6 Å². The summed E-state index contributed by atoms with van der Waals surface area (Å²) in [5.41, 5.74) is 1.68. The van der Waals surface area contributed by atoms with E-state index < -0.39 is 0 Å². The Morgan fingerprint density at radius 2 is 2.10 bits per heavy atom. The summed E-state index contributed by atoms with van der Waals surface area (Å²) < 4.78 is 9.02. The zero-order chi connectivity index (χ0) is 20.5. The van der Waals surface area contributed by atoms with Crippen molar-refractivity contribution in [1.29, 1.82) is 0 Å². The second kappa shape index (κ2) is 8.04. The van der Waals surface area contributed by atoms with Gasteiger partial charge in [0.05, 0.1) is 22.2 Å². The standard InChI is InChI=1S/C20H18N6O2S2/c1-2-3-9-25-18(27)14-6-4-5-7-15(14)26-19(25)22-23-20(26)30-12-16-21-17(28-24-16)13-8-10-29-11-13/h4-8,10-11H,2-3,9,12H2,1H3. The van der Waals surface area contributed by atoms with E-state index in [1.54, 1.807) is 15.9 Å². The predicted octanol–water partition coefficient (Wildman–Crippen LogP) is 4.25. The summed E-state index contributed by atoms with van der Waals surface area (Å²) in [6.45, 7) is 2.71. The molecule has 0 N–H and O–H groups in total. The molecular formula is C20H18N6O2S2. The number of thiophene rings is 1. The first-order valence-corrected chi connectivity index (χ1v) is 11.5. The van der Waals surface area contributed by atoms with Crippen molar-refractivity contribution in [3.05, 3.63) is 57.3 Å². The molecule has 0 aliphatic heterocycles. The molecule has 5 aromatic rings. The number of thioether (sulfide) groups is 1. The number of unbranched alkanes of at least 4 members (excludes halogenated alkanes) is 1. The average molecular weight is 439 g/mol. The van der Waals surface area contributed by atoms with E-state index in [0.29, 0.717) is 40.3 Å². The van der Waals surface area contributed by atoms with E-state index >= 15 is 0 Å². The summed E-state index contributed by atoms with van der Waals surface area (Å²) >= 11 is 3.05. The second-order valence-corrected chi connectivity index (χ2v) is 8.48. The fraction of sp³-hybridized carbons (Fsp3) is 0.250. The smallest absolute Gasteiger partial charge is 0.262 e. The van der Waals surface area contributed by atoms with Crippen molar-refractivity contribution >= 4 is 39.8 Å². The minimum atomic E-state index is -0.0333. The molecule has 4 heterocycles. The summed E-state index contributed by atoms with van der Waals surface area (Å²) in [5, 5.41) is 18.0. The third-order valence-corrected chi connectivity index (χ3v) is 6.39. The van der Waals surface area contributed by atoms with E-state index in [1.165, 1.54) is 11.8 Å². The maximum atomic E-state index is 13.0. The number of hydrogen-bond donors (Lipinski definition) is 0. The minimum absolute atomic E-state index is 0.0333. The lowest BCUT2D eigenvalue weighted by Crippen LogP contribution is -2.23. The number of hydrogen-bond acceptors (Lipinski definition) is 8. The monoisotopic (exact) mass is 438 g/mol. The molecule has 152 valence electrons. The lowest BCUT2D eigenvalue weighted by Gasteiger charge is -2.10. The van der Waals surface area contributed by atoms with E-state index in [-0.39, 0.29) is 5.56 Å². The number of para-hydroxylation sites is 1. The molecule has 5 rings (SSSR count). The molecule has 0 atom stereocenters. The highest BCUT2D eigenvalue weighted by molar-refractivity contribution is 7.98. The molecule has 10 heteroatoms. The van der Waals surface area contributed by atoms with Crippen molar-refractivity contribution in [3.8, 4) is 11.5 Å². The zero-order valence-corrected chi connectivity index (χ0v) is 17.8. The quantitative estimate of drug-likeness (QED) is 0.351. The van der Waals surface area contributed by atoms with Crippen molar-refractivity contribution < 1.29 is 4.52 Å². The van der Waals surface area contributed by atoms with Gasteiger partial charge < -0.3 is 4.52 Å². The maximum absolute atomic E-state index is 13.0.